The Morgan fingerprint density at radius 1 is 1.28 bits per heavy atom. The number of benzene rings is 1. The Hall–Kier alpha value is -1.04. The Balaban J connectivity index is 1.84. The Labute approximate surface area is 118 Å². The maximum absolute atomic E-state index is 5.92. The third kappa shape index (κ3) is 2.39. The summed E-state index contributed by atoms with van der Waals surface area (Å²) < 4.78 is 9.83. The van der Waals surface area contributed by atoms with E-state index in [9.17, 15) is 0 Å². The molecule has 4 nitrogen and oxygen atoms in total. The first kappa shape index (κ1) is 12.0. The number of aromatic nitrogens is 2. The molecule has 3 rings (SSSR count). The molecule has 1 aromatic heterocycles. The summed E-state index contributed by atoms with van der Waals surface area (Å²) in [5.41, 5.74) is 6.23. The van der Waals surface area contributed by atoms with Gasteiger partial charge in [-0.3, -0.25) is 0 Å². The van der Waals surface area contributed by atoms with Gasteiger partial charge in [0, 0.05) is 23.5 Å². The lowest BCUT2D eigenvalue weighted by atomic mass is 10.3. The van der Waals surface area contributed by atoms with E-state index < -0.39 is 0 Å². The maximum Gasteiger partial charge on any atom is 0.298 e. The van der Waals surface area contributed by atoms with Gasteiger partial charge in [0.25, 0.3) is 5.19 Å². The second-order valence-corrected chi connectivity index (χ2v) is 5.63. The molecule has 0 amide bonds. The van der Waals surface area contributed by atoms with Crippen molar-refractivity contribution in [2.45, 2.75) is 18.8 Å². The first-order chi connectivity index (χ1) is 8.63. The van der Waals surface area contributed by atoms with Crippen LogP contribution in [0.4, 0.5) is 5.69 Å². The van der Waals surface area contributed by atoms with Crippen LogP contribution in [-0.4, -0.2) is 9.36 Å². The lowest BCUT2D eigenvalue weighted by Gasteiger charge is -2.06. The molecule has 1 saturated carbocycles. The molecule has 0 atom stereocenters. The van der Waals surface area contributed by atoms with Gasteiger partial charge >= 0.3 is 0 Å². The van der Waals surface area contributed by atoms with Crippen LogP contribution in [0.15, 0.2) is 12.1 Å². The van der Waals surface area contributed by atoms with Crippen LogP contribution < -0.4 is 10.5 Å². The zero-order valence-electron chi connectivity index (χ0n) is 9.19. The summed E-state index contributed by atoms with van der Waals surface area (Å²) in [5.74, 6) is 1.81. The van der Waals surface area contributed by atoms with Gasteiger partial charge in [-0.15, -0.1) is 0 Å². The fraction of sp³-hybridized carbons (Fsp3) is 0.273. The minimum absolute atomic E-state index is 0.396. The van der Waals surface area contributed by atoms with Crippen molar-refractivity contribution in [2.24, 2.45) is 0 Å². The van der Waals surface area contributed by atoms with E-state index >= 15 is 0 Å². The standard InChI is InChI=1S/C11H9Cl2N3OS/c12-6-3-8(14)9(4-7(6)13)17-11-15-10(16-18-11)5-1-2-5/h3-5H,1-2,14H2. The number of rotatable bonds is 3. The molecule has 0 bridgehead atoms. The zero-order valence-corrected chi connectivity index (χ0v) is 11.5. The fourth-order valence-corrected chi connectivity index (χ4v) is 2.44. The summed E-state index contributed by atoms with van der Waals surface area (Å²) in [6.07, 6.45) is 2.32. The summed E-state index contributed by atoms with van der Waals surface area (Å²) in [5, 5.41) is 1.27. The molecule has 94 valence electrons. The summed E-state index contributed by atoms with van der Waals surface area (Å²) in [7, 11) is 0. The van der Waals surface area contributed by atoms with Gasteiger partial charge in [-0.1, -0.05) is 23.2 Å². The third-order valence-corrected chi connectivity index (χ3v) is 3.95. The number of ether oxygens (including phenoxy) is 1. The molecular weight excluding hydrogens is 293 g/mol. The Bertz CT molecular complexity index is 598. The minimum atomic E-state index is 0.396. The van der Waals surface area contributed by atoms with Gasteiger partial charge in [-0.05, 0) is 18.9 Å². The number of nitrogens with zero attached hydrogens (tertiary/aromatic N) is 2. The zero-order chi connectivity index (χ0) is 12.7. The van der Waals surface area contributed by atoms with Crippen LogP contribution in [-0.2, 0) is 0 Å². The molecule has 0 radical (unpaired) electrons. The van der Waals surface area contributed by atoms with Crippen molar-refractivity contribution < 1.29 is 4.74 Å². The normalized spacial score (nSPS) is 14.8. The van der Waals surface area contributed by atoms with E-state index in [1.807, 2.05) is 0 Å². The van der Waals surface area contributed by atoms with Gasteiger partial charge in [0.15, 0.2) is 5.75 Å². The molecule has 0 saturated heterocycles. The number of hydrogen-bond donors (Lipinski definition) is 1. The van der Waals surface area contributed by atoms with Crippen LogP contribution in [0.5, 0.6) is 10.9 Å². The van der Waals surface area contributed by atoms with E-state index in [2.05, 4.69) is 9.36 Å². The molecule has 1 aliphatic rings. The SMILES string of the molecule is Nc1cc(Cl)c(Cl)cc1Oc1nc(C2CC2)ns1. The molecule has 1 aliphatic carbocycles. The smallest absolute Gasteiger partial charge is 0.298 e. The quantitative estimate of drug-likeness (QED) is 0.867. The van der Waals surface area contributed by atoms with Crippen LogP contribution in [0.3, 0.4) is 0 Å². The summed E-state index contributed by atoms with van der Waals surface area (Å²) in [6.45, 7) is 0. The molecule has 0 aliphatic heterocycles. The van der Waals surface area contributed by atoms with Crippen LogP contribution in [0, 0.1) is 0 Å². The van der Waals surface area contributed by atoms with E-state index in [-0.39, 0.29) is 0 Å². The number of anilines is 1. The lowest BCUT2D eigenvalue weighted by Crippen LogP contribution is -1.92. The summed E-state index contributed by atoms with van der Waals surface area (Å²) in [4.78, 5) is 4.31. The Morgan fingerprint density at radius 2 is 2.00 bits per heavy atom. The van der Waals surface area contributed by atoms with Crippen molar-refractivity contribution in [3.63, 3.8) is 0 Å². The third-order valence-electron chi connectivity index (χ3n) is 2.62. The van der Waals surface area contributed by atoms with Gasteiger partial charge < -0.3 is 10.5 Å². The largest absolute Gasteiger partial charge is 0.428 e. The minimum Gasteiger partial charge on any atom is -0.428 e. The highest BCUT2D eigenvalue weighted by atomic mass is 35.5. The number of nitrogens with two attached hydrogens (primary N) is 1. The Kier molecular flexibility index (Phi) is 3.05. The molecular formula is C11H9Cl2N3OS. The molecule has 0 spiro atoms. The highest BCUT2D eigenvalue weighted by Gasteiger charge is 2.28. The van der Waals surface area contributed by atoms with Gasteiger partial charge in [0.2, 0.25) is 0 Å². The van der Waals surface area contributed by atoms with Crippen molar-refractivity contribution >= 4 is 40.4 Å². The predicted molar refractivity (Wildman–Crippen MR) is 72.8 cm³/mol. The van der Waals surface area contributed by atoms with Gasteiger partial charge in [0.1, 0.15) is 5.82 Å². The van der Waals surface area contributed by atoms with Crippen molar-refractivity contribution in [3.8, 4) is 10.9 Å². The second-order valence-electron chi connectivity index (χ2n) is 4.10. The number of halogens is 2. The fourth-order valence-electron chi connectivity index (χ4n) is 1.50. The monoisotopic (exact) mass is 301 g/mol. The lowest BCUT2D eigenvalue weighted by molar-refractivity contribution is 0.479. The van der Waals surface area contributed by atoms with E-state index in [1.165, 1.54) is 11.5 Å². The second kappa shape index (κ2) is 4.57. The Morgan fingerprint density at radius 3 is 2.72 bits per heavy atom. The molecule has 2 N–H and O–H groups in total. The highest BCUT2D eigenvalue weighted by Crippen LogP contribution is 2.41. The van der Waals surface area contributed by atoms with E-state index in [1.54, 1.807) is 12.1 Å². The van der Waals surface area contributed by atoms with E-state index in [0.717, 1.165) is 18.7 Å². The average Bonchev–Trinajstić information content (AvgIpc) is 3.07. The van der Waals surface area contributed by atoms with Crippen LogP contribution in [0.1, 0.15) is 24.6 Å². The van der Waals surface area contributed by atoms with Gasteiger partial charge in [-0.2, -0.15) is 9.36 Å². The summed E-state index contributed by atoms with van der Waals surface area (Å²) in [6, 6.07) is 3.14. The first-order valence-electron chi connectivity index (χ1n) is 5.39. The van der Waals surface area contributed by atoms with Crippen molar-refractivity contribution in [2.75, 3.05) is 5.73 Å². The topological polar surface area (TPSA) is 61.0 Å². The maximum atomic E-state index is 5.92. The molecule has 1 fully saturated rings. The predicted octanol–water partition coefficient (Wildman–Crippen LogP) is 4.10. The van der Waals surface area contributed by atoms with Crippen molar-refractivity contribution in [1.82, 2.24) is 9.36 Å². The first-order valence-corrected chi connectivity index (χ1v) is 6.92. The van der Waals surface area contributed by atoms with Crippen LogP contribution in [0.2, 0.25) is 10.0 Å². The number of hydrogen-bond acceptors (Lipinski definition) is 5. The molecule has 2 aromatic rings. The van der Waals surface area contributed by atoms with Crippen molar-refractivity contribution in [3.05, 3.63) is 28.0 Å². The molecule has 1 aromatic carbocycles. The van der Waals surface area contributed by atoms with E-state index in [0.29, 0.717) is 32.6 Å². The van der Waals surface area contributed by atoms with Gasteiger partial charge in [-0.25, -0.2) is 0 Å². The molecule has 0 unspecified atom stereocenters. The average molecular weight is 302 g/mol. The molecule has 18 heavy (non-hydrogen) atoms. The van der Waals surface area contributed by atoms with Crippen LogP contribution in [0.25, 0.3) is 0 Å². The number of nitrogen functional groups attached to an aromatic ring is 1. The molecule has 7 heteroatoms. The highest BCUT2D eigenvalue weighted by molar-refractivity contribution is 7.07. The van der Waals surface area contributed by atoms with Gasteiger partial charge in [0.05, 0.1) is 15.7 Å². The van der Waals surface area contributed by atoms with E-state index in [4.69, 9.17) is 33.7 Å². The van der Waals surface area contributed by atoms with Crippen molar-refractivity contribution in [1.29, 1.82) is 0 Å². The molecule has 1 heterocycles. The van der Waals surface area contributed by atoms with Crippen LogP contribution >= 0.6 is 34.7 Å². The summed E-state index contributed by atoms with van der Waals surface area (Å²) >= 11 is 13.0.